The molecular formula is C22H21F12N3O4. The van der Waals surface area contributed by atoms with Gasteiger partial charge in [-0.2, -0.15) is 52.7 Å². The number of hydrogen-bond acceptors (Lipinski definition) is 5. The van der Waals surface area contributed by atoms with Gasteiger partial charge in [0.2, 0.25) is 0 Å². The SMILES string of the molecule is CCCN(CCC)CCc1ccc(N(C(=O)C(F)(F)F)C(=O)C(F)(F)F)c(N(C(=O)C(F)(F)F)C(=O)C(F)(F)F)c1. The summed E-state index contributed by atoms with van der Waals surface area (Å²) in [6, 6.07) is 0.713. The topological polar surface area (TPSA) is 78.0 Å². The van der Waals surface area contributed by atoms with Crippen molar-refractivity contribution in [3.63, 3.8) is 0 Å². The number of amides is 4. The number of halogens is 12. The molecule has 0 aliphatic rings. The highest BCUT2D eigenvalue weighted by Crippen LogP contribution is 2.39. The van der Waals surface area contributed by atoms with Crippen LogP contribution >= 0.6 is 0 Å². The number of hydrogen-bond donors (Lipinski definition) is 0. The maximum atomic E-state index is 13.3. The van der Waals surface area contributed by atoms with Crippen molar-refractivity contribution in [3.8, 4) is 0 Å². The molecule has 1 rings (SSSR count). The van der Waals surface area contributed by atoms with Crippen molar-refractivity contribution in [2.75, 3.05) is 29.4 Å². The molecule has 7 nitrogen and oxygen atoms in total. The van der Waals surface area contributed by atoms with Crippen LogP contribution in [0.1, 0.15) is 32.3 Å². The summed E-state index contributed by atoms with van der Waals surface area (Å²) < 4.78 is 159. The van der Waals surface area contributed by atoms with E-state index in [4.69, 9.17) is 0 Å². The van der Waals surface area contributed by atoms with Gasteiger partial charge in [-0.25, -0.2) is 9.80 Å². The first-order valence-electron chi connectivity index (χ1n) is 11.4. The molecule has 0 aliphatic carbocycles. The van der Waals surface area contributed by atoms with Crippen molar-refractivity contribution in [1.29, 1.82) is 0 Å². The molecule has 232 valence electrons. The Kier molecular flexibility index (Phi) is 11.4. The largest absolute Gasteiger partial charge is 0.472 e. The van der Waals surface area contributed by atoms with Crippen LogP contribution in [-0.4, -0.2) is 72.9 Å². The highest BCUT2D eigenvalue weighted by atomic mass is 19.4. The van der Waals surface area contributed by atoms with Gasteiger partial charge in [0.15, 0.2) is 0 Å². The van der Waals surface area contributed by atoms with Crippen LogP contribution in [0.3, 0.4) is 0 Å². The lowest BCUT2D eigenvalue weighted by Crippen LogP contribution is -2.53. The molecule has 0 radical (unpaired) electrons. The molecule has 1 aromatic carbocycles. The molecule has 0 saturated carbocycles. The van der Waals surface area contributed by atoms with Crippen molar-refractivity contribution < 1.29 is 71.9 Å². The molecule has 1 aromatic rings. The van der Waals surface area contributed by atoms with Gasteiger partial charge in [-0.3, -0.25) is 19.2 Å². The standard InChI is InChI=1S/C22H21F12N3O4/c1-3-8-35(9-4-2)10-7-12-5-6-13(36(15(38)19(23,24)25)16(39)20(26,27)28)14(11-12)37(17(40)21(29,30)31)18(41)22(32,33)34/h5-6,11H,3-4,7-10H2,1-2H3. The highest BCUT2D eigenvalue weighted by molar-refractivity contribution is 6.25. The Labute approximate surface area is 223 Å². The molecule has 0 aromatic heterocycles. The van der Waals surface area contributed by atoms with E-state index < -0.39 is 69.5 Å². The van der Waals surface area contributed by atoms with Gasteiger partial charge in [0, 0.05) is 6.54 Å². The van der Waals surface area contributed by atoms with Crippen molar-refractivity contribution in [2.24, 2.45) is 0 Å². The zero-order valence-electron chi connectivity index (χ0n) is 21.0. The van der Waals surface area contributed by atoms with Crippen LogP contribution in [0.15, 0.2) is 18.2 Å². The minimum absolute atomic E-state index is 0.00222. The zero-order valence-corrected chi connectivity index (χ0v) is 21.0. The van der Waals surface area contributed by atoms with E-state index in [-0.39, 0.29) is 30.7 Å². The van der Waals surface area contributed by atoms with Gasteiger partial charge in [0.05, 0.1) is 11.4 Å². The molecule has 0 saturated heterocycles. The maximum absolute atomic E-state index is 13.3. The zero-order chi connectivity index (χ0) is 32.1. The molecule has 41 heavy (non-hydrogen) atoms. The second-order valence-electron chi connectivity index (χ2n) is 8.30. The highest BCUT2D eigenvalue weighted by Gasteiger charge is 2.56. The summed E-state index contributed by atoms with van der Waals surface area (Å²) in [4.78, 5) is 45.8. The van der Waals surface area contributed by atoms with Gasteiger partial charge in [-0.15, -0.1) is 0 Å². The fraction of sp³-hybridized carbons (Fsp3) is 0.545. The van der Waals surface area contributed by atoms with Crippen LogP contribution in [0.5, 0.6) is 0 Å². The van der Waals surface area contributed by atoms with Crippen LogP contribution in [0.25, 0.3) is 0 Å². The lowest BCUT2D eigenvalue weighted by Gasteiger charge is -2.30. The third-order valence-electron chi connectivity index (χ3n) is 5.10. The summed E-state index contributed by atoms with van der Waals surface area (Å²) in [5.41, 5.74) is -4.72. The van der Waals surface area contributed by atoms with Crippen molar-refractivity contribution in [2.45, 2.75) is 57.8 Å². The molecule has 0 unspecified atom stereocenters. The van der Waals surface area contributed by atoms with E-state index in [0.717, 1.165) is 0 Å². The first-order valence-corrected chi connectivity index (χ1v) is 11.4. The molecule has 0 aliphatic heterocycles. The maximum Gasteiger partial charge on any atom is 0.472 e. The van der Waals surface area contributed by atoms with E-state index in [9.17, 15) is 71.9 Å². The third-order valence-corrected chi connectivity index (χ3v) is 5.10. The van der Waals surface area contributed by atoms with Crippen molar-refractivity contribution >= 4 is 35.0 Å². The van der Waals surface area contributed by atoms with E-state index in [1.165, 1.54) is 0 Å². The van der Waals surface area contributed by atoms with Crippen LogP contribution in [0.2, 0.25) is 0 Å². The minimum Gasteiger partial charge on any atom is -0.303 e. The third kappa shape index (κ3) is 9.32. The summed E-state index contributed by atoms with van der Waals surface area (Å²) >= 11 is 0. The van der Waals surface area contributed by atoms with Gasteiger partial charge in [-0.1, -0.05) is 19.9 Å². The quantitative estimate of drug-likeness (QED) is 0.350. The number of alkyl halides is 12. The number of imide groups is 2. The van der Waals surface area contributed by atoms with Crippen molar-refractivity contribution in [3.05, 3.63) is 23.8 Å². The lowest BCUT2D eigenvalue weighted by atomic mass is 10.1. The number of nitrogens with zero attached hydrogens (tertiary/aromatic N) is 3. The Morgan fingerprint density at radius 2 is 0.902 bits per heavy atom. The molecule has 0 N–H and O–H groups in total. The van der Waals surface area contributed by atoms with Gasteiger partial charge < -0.3 is 4.90 Å². The average Bonchev–Trinajstić information content (AvgIpc) is 2.81. The first kappa shape index (κ1) is 35.6. The van der Waals surface area contributed by atoms with Crippen LogP contribution in [0.4, 0.5) is 64.1 Å². The molecule has 0 fully saturated rings. The lowest BCUT2D eigenvalue weighted by molar-refractivity contribution is -0.182. The number of rotatable bonds is 9. The summed E-state index contributed by atoms with van der Waals surface area (Å²) in [5, 5.41) is 0. The summed E-state index contributed by atoms with van der Waals surface area (Å²) in [6.07, 6.45) is -24.4. The summed E-state index contributed by atoms with van der Waals surface area (Å²) in [6.45, 7) is 4.44. The van der Waals surface area contributed by atoms with Crippen LogP contribution < -0.4 is 9.80 Å². The van der Waals surface area contributed by atoms with Crippen LogP contribution in [0, 0.1) is 0 Å². The Bertz CT molecular complexity index is 1070. The second kappa shape index (κ2) is 13.1. The molecule has 4 amide bonds. The molecular weight excluding hydrogens is 598 g/mol. The van der Waals surface area contributed by atoms with Gasteiger partial charge >= 0.3 is 48.3 Å². The monoisotopic (exact) mass is 619 g/mol. The smallest absolute Gasteiger partial charge is 0.303 e. The molecule has 0 heterocycles. The summed E-state index contributed by atoms with van der Waals surface area (Å²) in [5.74, 6) is -14.7. The molecule has 19 heteroatoms. The Morgan fingerprint density at radius 3 is 1.22 bits per heavy atom. The van der Waals surface area contributed by atoms with E-state index in [0.29, 0.717) is 32.0 Å². The Morgan fingerprint density at radius 1 is 0.561 bits per heavy atom. The predicted molar refractivity (Wildman–Crippen MR) is 116 cm³/mol. The van der Waals surface area contributed by atoms with Gasteiger partial charge in [-0.05, 0) is 50.0 Å². The van der Waals surface area contributed by atoms with E-state index in [1.54, 1.807) is 18.7 Å². The number of carbonyl (C=O) groups excluding carboxylic acids is 4. The fourth-order valence-electron chi connectivity index (χ4n) is 3.48. The normalized spacial score (nSPS) is 12.9. The number of benzene rings is 1. The summed E-state index contributed by atoms with van der Waals surface area (Å²) in [7, 11) is 0. The number of carbonyl (C=O) groups is 4. The molecule has 0 spiro atoms. The predicted octanol–water partition coefficient (Wildman–Crippen LogP) is 5.32. The van der Waals surface area contributed by atoms with E-state index in [1.807, 2.05) is 0 Å². The minimum atomic E-state index is -6.33. The molecule has 0 bridgehead atoms. The first-order chi connectivity index (χ1) is 18.5. The fourth-order valence-corrected chi connectivity index (χ4v) is 3.48. The Balaban J connectivity index is 4.09. The second-order valence-corrected chi connectivity index (χ2v) is 8.30. The van der Waals surface area contributed by atoms with Gasteiger partial charge in [0.25, 0.3) is 0 Å². The number of anilines is 2. The van der Waals surface area contributed by atoms with Gasteiger partial charge in [0.1, 0.15) is 0 Å². The van der Waals surface area contributed by atoms with E-state index >= 15 is 0 Å². The Hall–Kier alpha value is -3.38. The van der Waals surface area contributed by atoms with Crippen molar-refractivity contribution in [1.82, 2.24) is 4.90 Å². The average molecular weight is 619 g/mol. The van der Waals surface area contributed by atoms with E-state index in [2.05, 4.69) is 0 Å². The van der Waals surface area contributed by atoms with Crippen LogP contribution in [-0.2, 0) is 25.6 Å². The molecule has 0 atom stereocenters.